The quantitative estimate of drug-likeness (QED) is 0.580. The summed E-state index contributed by atoms with van der Waals surface area (Å²) in [4.78, 5) is 3.06. The van der Waals surface area contributed by atoms with Crippen molar-refractivity contribution in [3.05, 3.63) is 0 Å². The summed E-state index contributed by atoms with van der Waals surface area (Å²) in [5.74, 6) is 0. The Morgan fingerprint density at radius 2 is 2.00 bits per heavy atom. The molecule has 0 saturated carbocycles. The molecule has 0 spiro atoms. The van der Waals surface area contributed by atoms with E-state index in [1.807, 2.05) is 6.92 Å². The molecule has 1 heterocycles. The van der Waals surface area contributed by atoms with Crippen LogP contribution < -0.4 is 0 Å². The van der Waals surface area contributed by atoms with Gasteiger partial charge in [0, 0.05) is 12.0 Å². The van der Waals surface area contributed by atoms with E-state index in [4.69, 9.17) is 12.2 Å². The number of thiocarbonyl (C=S) groups is 1. The van der Waals surface area contributed by atoms with E-state index in [1.165, 1.54) is 0 Å². The van der Waals surface area contributed by atoms with E-state index in [0.717, 1.165) is 4.99 Å². The highest BCUT2D eigenvalue weighted by atomic mass is 32.1. The molecule has 0 aromatic rings. The minimum Gasteiger partial charge on any atom is -0.389 e. The van der Waals surface area contributed by atoms with Crippen LogP contribution in [0.2, 0.25) is 0 Å². The van der Waals surface area contributed by atoms with Crippen LogP contribution in [0.3, 0.4) is 0 Å². The van der Waals surface area contributed by atoms with Gasteiger partial charge in [-0.05, 0) is 6.92 Å². The molecule has 0 amide bonds. The van der Waals surface area contributed by atoms with Gasteiger partial charge < -0.3 is 10.0 Å². The maximum atomic E-state index is 9.30. The van der Waals surface area contributed by atoms with Gasteiger partial charge >= 0.3 is 0 Å². The lowest BCUT2D eigenvalue weighted by Crippen LogP contribution is -2.62. The van der Waals surface area contributed by atoms with Gasteiger partial charge in [-0.1, -0.05) is 33.0 Å². The fourth-order valence-electron chi connectivity index (χ4n) is 1.29. The second-order valence-electron chi connectivity index (χ2n) is 4.52. The normalized spacial score (nSPS) is 29.9. The third kappa shape index (κ3) is 1.62. The first kappa shape index (κ1) is 9.93. The first-order valence-corrected chi connectivity index (χ1v) is 4.74. The van der Waals surface area contributed by atoms with Gasteiger partial charge in [-0.25, -0.2) is 0 Å². The van der Waals surface area contributed by atoms with Crippen LogP contribution in [0.15, 0.2) is 0 Å². The number of aliphatic hydroxyl groups excluding tert-OH is 1. The van der Waals surface area contributed by atoms with Gasteiger partial charge in [-0.2, -0.15) is 0 Å². The standard InChI is InChI=1S/C9H17NOS/c1-6-7(11)5-10(6)8(12)9(2,3)4/h6-7,11H,5H2,1-4H3/t6-,7+/m1/s1. The number of hydrogen-bond donors (Lipinski definition) is 1. The largest absolute Gasteiger partial charge is 0.389 e. The molecule has 0 aliphatic carbocycles. The Kier molecular flexibility index (Phi) is 2.45. The lowest BCUT2D eigenvalue weighted by Gasteiger charge is -2.48. The van der Waals surface area contributed by atoms with Crippen molar-refractivity contribution in [1.29, 1.82) is 0 Å². The molecule has 1 aliphatic heterocycles. The van der Waals surface area contributed by atoms with E-state index in [0.29, 0.717) is 6.54 Å². The fourth-order valence-corrected chi connectivity index (χ4v) is 1.53. The Morgan fingerprint density at radius 3 is 2.25 bits per heavy atom. The minimum atomic E-state index is -0.190. The minimum absolute atomic E-state index is 0.0454. The maximum absolute atomic E-state index is 9.30. The Labute approximate surface area is 79.6 Å². The van der Waals surface area contributed by atoms with E-state index in [2.05, 4.69) is 25.7 Å². The molecule has 0 aromatic carbocycles. The molecular weight excluding hydrogens is 170 g/mol. The van der Waals surface area contributed by atoms with Crippen molar-refractivity contribution in [1.82, 2.24) is 4.90 Å². The SMILES string of the molecule is C[C@@H]1[C@@H](O)CN1C(=S)C(C)(C)C. The smallest absolute Gasteiger partial charge is 0.0915 e. The van der Waals surface area contributed by atoms with E-state index >= 15 is 0 Å². The molecule has 0 aromatic heterocycles. The van der Waals surface area contributed by atoms with E-state index < -0.39 is 0 Å². The van der Waals surface area contributed by atoms with Gasteiger partial charge in [0.05, 0.1) is 17.1 Å². The van der Waals surface area contributed by atoms with Gasteiger partial charge in [0.15, 0.2) is 0 Å². The zero-order chi connectivity index (χ0) is 9.52. The molecule has 12 heavy (non-hydrogen) atoms. The lowest BCUT2D eigenvalue weighted by molar-refractivity contribution is -0.0102. The fraction of sp³-hybridized carbons (Fsp3) is 0.889. The second-order valence-corrected chi connectivity index (χ2v) is 4.90. The maximum Gasteiger partial charge on any atom is 0.0915 e. The van der Waals surface area contributed by atoms with Crippen LogP contribution in [0, 0.1) is 5.41 Å². The van der Waals surface area contributed by atoms with Gasteiger partial charge in [0.1, 0.15) is 0 Å². The molecular formula is C9H17NOS. The van der Waals surface area contributed by atoms with Crippen molar-refractivity contribution >= 4 is 17.2 Å². The Balaban J connectivity index is 2.57. The number of likely N-dealkylation sites (tertiary alicyclic amines) is 1. The molecule has 3 heteroatoms. The van der Waals surface area contributed by atoms with Gasteiger partial charge in [0.25, 0.3) is 0 Å². The van der Waals surface area contributed by atoms with E-state index in [1.54, 1.807) is 0 Å². The monoisotopic (exact) mass is 187 g/mol. The number of hydrogen-bond acceptors (Lipinski definition) is 2. The average molecular weight is 187 g/mol. The number of rotatable bonds is 0. The molecule has 70 valence electrons. The Morgan fingerprint density at radius 1 is 1.50 bits per heavy atom. The van der Waals surface area contributed by atoms with Crippen molar-refractivity contribution in [3.63, 3.8) is 0 Å². The summed E-state index contributed by atoms with van der Waals surface area (Å²) >= 11 is 5.31. The Bertz CT molecular complexity index is 197. The first-order valence-electron chi connectivity index (χ1n) is 4.33. The summed E-state index contributed by atoms with van der Waals surface area (Å²) in [5.41, 5.74) is 0.0454. The molecule has 2 atom stereocenters. The summed E-state index contributed by atoms with van der Waals surface area (Å²) in [6, 6.07) is 0.205. The van der Waals surface area contributed by atoms with Gasteiger partial charge in [-0.15, -0.1) is 0 Å². The summed E-state index contributed by atoms with van der Waals surface area (Å²) in [6.07, 6.45) is -0.190. The first-order chi connectivity index (χ1) is 5.34. The predicted octanol–water partition coefficient (Wildman–Crippen LogP) is 1.42. The van der Waals surface area contributed by atoms with Crippen LogP contribution in [0.4, 0.5) is 0 Å². The van der Waals surface area contributed by atoms with Crippen molar-refractivity contribution in [2.75, 3.05) is 6.54 Å². The molecule has 1 N–H and O–H groups in total. The topological polar surface area (TPSA) is 23.5 Å². The highest BCUT2D eigenvalue weighted by molar-refractivity contribution is 7.80. The molecule has 2 nitrogen and oxygen atoms in total. The van der Waals surface area contributed by atoms with Crippen molar-refractivity contribution < 1.29 is 5.11 Å². The third-order valence-electron chi connectivity index (χ3n) is 2.33. The second kappa shape index (κ2) is 2.96. The van der Waals surface area contributed by atoms with Crippen LogP contribution in [-0.4, -0.2) is 33.7 Å². The summed E-state index contributed by atoms with van der Waals surface area (Å²) in [6.45, 7) is 9.02. The van der Waals surface area contributed by atoms with Crippen molar-refractivity contribution in [3.8, 4) is 0 Å². The van der Waals surface area contributed by atoms with Crippen LogP contribution in [0.5, 0.6) is 0 Å². The van der Waals surface area contributed by atoms with Crippen molar-refractivity contribution in [2.45, 2.75) is 39.8 Å². The molecule has 0 bridgehead atoms. The zero-order valence-electron chi connectivity index (χ0n) is 8.16. The molecule has 1 fully saturated rings. The van der Waals surface area contributed by atoms with Gasteiger partial charge in [0.2, 0.25) is 0 Å². The molecule has 1 saturated heterocycles. The number of aliphatic hydroxyl groups is 1. The molecule has 0 radical (unpaired) electrons. The van der Waals surface area contributed by atoms with Gasteiger partial charge in [-0.3, -0.25) is 0 Å². The summed E-state index contributed by atoms with van der Waals surface area (Å²) in [7, 11) is 0. The van der Waals surface area contributed by atoms with Crippen LogP contribution >= 0.6 is 12.2 Å². The zero-order valence-corrected chi connectivity index (χ0v) is 8.98. The highest BCUT2D eigenvalue weighted by Crippen LogP contribution is 2.27. The van der Waals surface area contributed by atoms with E-state index in [9.17, 15) is 5.11 Å². The summed E-state index contributed by atoms with van der Waals surface area (Å²) < 4.78 is 0. The molecule has 1 rings (SSSR count). The van der Waals surface area contributed by atoms with Crippen LogP contribution in [-0.2, 0) is 0 Å². The number of β-amino-alcohol motifs (C(OH)–C–C–N with tert-alkyl or cyclic N) is 1. The summed E-state index contributed by atoms with van der Waals surface area (Å²) in [5, 5.41) is 9.30. The number of nitrogens with zero attached hydrogens (tertiary/aromatic N) is 1. The average Bonchev–Trinajstić information content (AvgIpc) is 1.96. The van der Waals surface area contributed by atoms with E-state index in [-0.39, 0.29) is 17.6 Å². The Hall–Kier alpha value is -0.150. The third-order valence-corrected chi connectivity index (χ3v) is 3.18. The van der Waals surface area contributed by atoms with Crippen LogP contribution in [0.1, 0.15) is 27.7 Å². The van der Waals surface area contributed by atoms with Crippen molar-refractivity contribution in [2.24, 2.45) is 5.41 Å². The lowest BCUT2D eigenvalue weighted by atomic mass is 9.91. The molecule has 1 aliphatic rings. The predicted molar refractivity (Wildman–Crippen MR) is 54.2 cm³/mol. The van der Waals surface area contributed by atoms with Crippen LogP contribution in [0.25, 0.3) is 0 Å². The highest BCUT2D eigenvalue weighted by Gasteiger charge is 2.38. The molecule has 0 unspecified atom stereocenters.